The van der Waals surface area contributed by atoms with Crippen LogP contribution in [0.2, 0.25) is 0 Å². The molecule has 0 aliphatic heterocycles. The molecule has 4 heteroatoms. The van der Waals surface area contributed by atoms with Crippen molar-refractivity contribution in [1.82, 2.24) is 4.98 Å². The molecule has 4 nitrogen and oxygen atoms in total. The number of carboxylic acids is 1. The number of hydrogen-bond donors (Lipinski definition) is 2. The first-order valence-electron chi connectivity index (χ1n) is 6.38. The van der Waals surface area contributed by atoms with E-state index >= 15 is 0 Å². The summed E-state index contributed by atoms with van der Waals surface area (Å²) in [4.78, 5) is 26.1. The highest BCUT2D eigenvalue weighted by atomic mass is 16.4. The van der Waals surface area contributed by atoms with E-state index in [9.17, 15) is 14.7 Å². The fourth-order valence-corrected chi connectivity index (χ4v) is 2.51. The fraction of sp³-hybridized carbons (Fsp3) is 0.333. The van der Waals surface area contributed by atoms with E-state index in [-0.39, 0.29) is 11.5 Å². The van der Waals surface area contributed by atoms with Crippen molar-refractivity contribution >= 4 is 16.9 Å². The summed E-state index contributed by atoms with van der Waals surface area (Å²) in [6.07, 6.45) is 0.789. The topological polar surface area (TPSA) is 70.2 Å². The number of benzene rings is 1. The Balaban J connectivity index is 3.01. The standard InChI is InChI=1S/C15H17NO3/c1-4-9-6-5-7-10-11(8(2)3)12(15(18)19)14(17)16-13(9)10/h5-8H,4H2,1-3H3,(H,16,17)(H,18,19). The van der Waals surface area contributed by atoms with Crippen LogP contribution in [-0.2, 0) is 6.42 Å². The number of aromatic carboxylic acids is 1. The number of nitrogens with one attached hydrogen (secondary N) is 1. The molecule has 1 heterocycles. The summed E-state index contributed by atoms with van der Waals surface area (Å²) < 4.78 is 0. The van der Waals surface area contributed by atoms with E-state index in [1.54, 1.807) is 0 Å². The van der Waals surface area contributed by atoms with Crippen LogP contribution in [0.4, 0.5) is 0 Å². The summed E-state index contributed by atoms with van der Waals surface area (Å²) in [5.41, 5.74) is 1.72. The van der Waals surface area contributed by atoms with Gasteiger partial charge in [-0.25, -0.2) is 4.79 Å². The molecule has 0 atom stereocenters. The molecule has 100 valence electrons. The van der Waals surface area contributed by atoms with E-state index in [0.29, 0.717) is 5.56 Å². The number of rotatable bonds is 3. The molecule has 0 bridgehead atoms. The lowest BCUT2D eigenvalue weighted by molar-refractivity contribution is 0.0693. The fourth-order valence-electron chi connectivity index (χ4n) is 2.51. The van der Waals surface area contributed by atoms with Gasteiger partial charge in [-0.15, -0.1) is 0 Å². The molecule has 0 radical (unpaired) electrons. The number of aryl methyl sites for hydroxylation is 1. The van der Waals surface area contributed by atoms with Gasteiger partial charge in [-0.2, -0.15) is 0 Å². The first-order valence-corrected chi connectivity index (χ1v) is 6.38. The van der Waals surface area contributed by atoms with E-state index < -0.39 is 11.5 Å². The van der Waals surface area contributed by atoms with Crippen LogP contribution in [0.5, 0.6) is 0 Å². The minimum absolute atomic E-state index is 0.0250. The first kappa shape index (κ1) is 13.3. The molecule has 0 aliphatic carbocycles. The Kier molecular flexibility index (Phi) is 3.42. The molecule has 19 heavy (non-hydrogen) atoms. The molecular formula is C15H17NO3. The number of carbonyl (C=O) groups is 1. The molecule has 1 aromatic carbocycles. The molecule has 2 rings (SSSR count). The number of fused-ring (bicyclic) bond motifs is 1. The highest BCUT2D eigenvalue weighted by Gasteiger charge is 2.21. The normalized spacial score (nSPS) is 11.2. The van der Waals surface area contributed by atoms with Crippen LogP contribution in [0, 0.1) is 0 Å². The first-order chi connectivity index (χ1) is 8.97. The average molecular weight is 259 g/mol. The number of H-pyrrole nitrogens is 1. The number of carboxylic acid groups (broad SMARTS) is 1. The lowest BCUT2D eigenvalue weighted by Crippen LogP contribution is -2.22. The van der Waals surface area contributed by atoms with Gasteiger partial charge in [0.25, 0.3) is 5.56 Å². The Hall–Kier alpha value is -2.10. The van der Waals surface area contributed by atoms with E-state index in [1.165, 1.54) is 0 Å². The maximum Gasteiger partial charge on any atom is 0.341 e. The summed E-state index contributed by atoms with van der Waals surface area (Å²) in [5.74, 6) is -1.20. The summed E-state index contributed by atoms with van der Waals surface area (Å²) >= 11 is 0. The van der Waals surface area contributed by atoms with Gasteiger partial charge >= 0.3 is 5.97 Å². The maximum atomic E-state index is 12.0. The third-order valence-corrected chi connectivity index (χ3v) is 3.35. The van der Waals surface area contributed by atoms with Gasteiger partial charge < -0.3 is 10.1 Å². The van der Waals surface area contributed by atoms with Crippen LogP contribution in [0.3, 0.4) is 0 Å². The Morgan fingerprint density at radius 2 is 2.05 bits per heavy atom. The summed E-state index contributed by atoms with van der Waals surface area (Å²) in [7, 11) is 0. The molecule has 0 unspecified atom stereocenters. The summed E-state index contributed by atoms with van der Waals surface area (Å²) in [5, 5.41) is 10.1. The third-order valence-electron chi connectivity index (χ3n) is 3.35. The monoisotopic (exact) mass is 259 g/mol. The smallest absolute Gasteiger partial charge is 0.341 e. The number of hydrogen-bond acceptors (Lipinski definition) is 2. The van der Waals surface area contributed by atoms with Crippen molar-refractivity contribution in [2.75, 3.05) is 0 Å². The predicted octanol–water partition coefficient (Wildman–Crippen LogP) is 2.91. The molecule has 0 fully saturated rings. The molecule has 2 N–H and O–H groups in total. The molecule has 2 aromatic rings. The maximum absolute atomic E-state index is 12.0. The number of aromatic nitrogens is 1. The van der Waals surface area contributed by atoms with Gasteiger partial charge in [0.1, 0.15) is 5.56 Å². The summed E-state index contributed by atoms with van der Waals surface area (Å²) in [6.45, 7) is 5.81. The van der Waals surface area contributed by atoms with Gasteiger partial charge in [0.15, 0.2) is 0 Å². The van der Waals surface area contributed by atoms with E-state index in [2.05, 4.69) is 4.98 Å². The molecular weight excluding hydrogens is 242 g/mol. The van der Waals surface area contributed by atoms with E-state index in [0.717, 1.165) is 22.9 Å². The zero-order valence-corrected chi connectivity index (χ0v) is 11.3. The van der Waals surface area contributed by atoms with Crippen LogP contribution >= 0.6 is 0 Å². The predicted molar refractivity (Wildman–Crippen MR) is 75.0 cm³/mol. The number of pyridine rings is 1. The van der Waals surface area contributed by atoms with Crippen LogP contribution in [0.25, 0.3) is 10.9 Å². The Labute approximate surface area is 111 Å². The van der Waals surface area contributed by atoms with Gasteiger partial charge in [-0.05, 0) is 23.5 Å². The Morgan fingerprint density at radius 3 is 2.58 bits per heavy atom. The molecule has 0 aliphatic rings. The van der Waals surface area contributed by atoms with Crippen molar-refractivity contribution in [3.05, 3.63) is 45.2 Å². The van der Waals surface area contributed by atoms with E-state index in [4.69, 9.17) is 0 Å². The number of para-hydroxylation sites is 1. The lowest BCUT2D eigenvalue weighted by atomic mass is 9.92. The van der Waals surface area contributed by atoms with Crippen molar-refractivity contribution in [3.63, 3.8) is 0 Å². The van der Waals surface area contributed by atoms with Gasteiger partial charge in [-0.1, -0.05) is 39.0 Å². The minimum Gasteiger partial charge on any atom is -0.477 e. The SMILES string of the molecule is CCc1cccc2c(C(C)C)c(C(=O)O)c(=O)[nH]c12. The largest absolute Gasteiger partial charge is 0.477 e. The van der Waals surface area contributed by atoms with Crippen molar-refractivity contribution in [2.45, 2.75) is 33.1 Å². The third kappa shape index (κ3) is 2.14. The highest BCUT2D eigenvalue weighted by Crippen LogP contribution is 2.27. The van der Waals surface area contributed by atoms with Crippen LogP contribution < -0.4 is 5.56 Å². The zero-order valence-electron chi connectivity index (χ0n) is 11.3. The summed E-state index contributed by atoms with van der Waals surface area (Å²) in [6, 6.07) is 5.71. The van der Waals surface area contributed by atoms with Crippen LogP contribution in [0.1, 0.15) is 48.2 Å². The van der Waals surface area contributed by atoms with Crippen LogP contribution in [0.15, 0.2) is 23.0 Å². The molecule has 0 saturated carbocycles. The molecule has 1 aromatic heterocycles. The lowest BCUT2D eigenvalue weighted by Gasteiger charge is -2.14. The van der Waals surface area contributed by atoms with Crippen LogP contribution in [-0.4, -0.2) is 16.1 Å². The van der Waals surface area contributed by atoms with Crippen molar-refractivity contribution in [2.24, 2.45) is 0 Å². The molecule has 0 saturated heterocycles. The zero-order chi connectivity index (χ0) is 14.2. The quantitative estimate of drug-likeness (QED) is 0.890. The minimum atomic E-state index is -1.17. The van der Waals surface area contributed by atoms with Gasteiger partial charge in [0.05, 0.1) is 5.52 Å². The van der Waals surface area contributed by atoms with Crippen molar-refractivity contribution in [3.8, 4) is 0 Å². The second-order valence-electron chi connectivity index (χ2n) is 4.90. The van der Waals surface area contributed by atoms with Gasteiger partial charge in [-0.3, -0.25) is 4.79 Å². The van der Waals surface area contributed by atoms with Gasteiger partial charge in [0, 0.05) is 5.39 Å². The number of aromatic amines is 1. The Bertz CT molecular complexity index is 698. The second-order valence-corrected chi connectivity index (χ2v) is 4.90. The van der Waals surface area contributed by atoms with E-state index in [1.807, 2.05) is 39.0 Å². The highest BCUT2D eigenvalue weighted by molar-refractivity contribution is 5.97. The molecule has 0 spiro atoms. The Morgan fingerprint density at radius 1 is 1.37 bits per heavy atom. The van der Waals surface area contributed by atoms with Crippen molar-refractivity contribution < 1.29 is 9.90 Å². The van der Waals surface area contributed by atoms with Crippen molar-refractivity contribution in [1.29, 1.82) is 0 Å². The second kappa shape index (κ2) is 4.88. The molecule has 0 amide bonds. The van der Waals surface area contributed by atoms with Gasteiger partial charge in [0.2, 0.25) is 0 Å². The average Bonchev–Trinajstić information content (AvgIpc) is 2.35.